The number of carbonyl (C=O) groups excluding carboxylic acids is 3. The van der Waals surface area contributed by atoms with E-state index < -0.39 is 11.6 Å². The minimum absolute atomic E-state index is 0.0392. The van der Waals surface area contributed by atoms with Crippen LogP contribution in [0.2, 0.25) is 5.02 Å². The van der Waals surface area contributed by atoms with E-state index in [1.807, 2.05) is 42.5 Å². The maximum atomic E-state index is 13.9. The highest BCUT2D eigenvalue weighted by Gasteiger charge is 2.54. The van der Waals surface area contributed by atoms with Crippen LogP contribution in [0.25, 0.3) is 0 Å². The zero-order valence-electron chi connectivity index (χ0n) is 22.4. The molecule has 5 rings (SSSR count). The van der Waals surface area contributed by atoms with Crippen molar-refractivity contribution in [3.8, 4) is 0 Å². The van der Waals surface area contributed by atoms with Crippen molar-refractivity contribution in [2.24, 2.45) is 5.73 Å². The quantitative estimate of drug-likeness (QED) is 0.550. The molecule has 2 heterocycles. The second-order valence-electron chi connectivity index (χ2n) is 11.1. The average molecular weight is 552 g/mol. The molecular formula is C30H38ClN5O3. The van der Waals surface area contributed by atoms with Crippen LogP contribution in [0, 0.1) is 0 Å². The smallest absolute Gasteiger partial charge is 0.250 e. The number of nitrogens with zero attached hydrogens (tertiary/aromatic N) is 3. The Kier molecular flexibility index (Phi) is 8.43. The third-order valence-corrected chi connectivity index (χ3v) is 8.73. The van der Waals surface area contributed by atoms with E-state index in [4.69, 9.17) is 17.3 Å². The Morgan fingerprint density at radius 2 is 1.67 bits per heavy atom. The number of anilines is 1. The molecule has 1 saturated carbocycles. The van der Waals surface area contributed by atoms with Gasteiger partial charge in [0.2, 0.25) is 11.8 Å². The van der Waals surface area contributed by atoms with E-state index in [0.29, 0.717) is 44.0 Å². The van der Waals surface area contributed by atoms with E-state index in [-0.39, 0.29) is 30.3 Å². The van der Waals surface area contributed by atoms with Gasteiger partial charge in [0.05, 0.1) is 12.7 Å². The summed E-state index contributed by atoms with van der Waals surface area (Å²) in [5, 5.41) is 3.79. The molecule has 3 fully saturated rings. The number of likely N-dealkylation sites (tertiary alicyclic amines) is 1. The molecule has 2 aromatic carbocycles. The number of halogens is 1. The molecule has 1 atom stereocenters. The van der Waals surface area contributed by atoms with Crippen molar-refractivity contribution >= 4 is 35.0 Å². The number of nitrogens with two attached hydrogens (primary N) is 1. The number of rotatable bonds is 7. The molecule has 0 unspecified atom stereocenters. The summed E-state index contributed by atoms with van der Waals surface area (Å²) in [4.78, 5) is 45.6. The number of hydrogen-bond acceptors (Lipinski definition) is 5. The van der Waals surface area contributed by atoms with Gasteiger partial charge in [0, 0.05) is 29.8 Å². The summed E-state index contributed by atoms with van der Waals surface area (Å²) in [6, 6.07) is 16.8. The van der Waals surface area contributed by atoms with Crippen LogP contribution < -0.4 is 16.0 Å². The number of hydrogen-bond donors (Lipinski definition) is 2. The van der Waals surface area contributed by atoms with Gasteiger partial charge in [-0.1, -0.05) is 61.2 Å². The maximum absolute atomic E-state index is 13.9. The topological polar surface area (TPSA) is 99.0 Å². The molecule has 8 nitrogen and oxygen atoms in total. The summed E-state index contributed by atoms with van der Waals surface area (Å²) < 4.78 is 0. The van der Waals surface area contributed by atoms with Crippen molar-refractivity contribution < 1.29 is 14.4 Å². The van der Waals surface area contributed by atoms with Gasteiger partial charge in [-0.25, -0.2) is 0 Å². The van der Waals surface area contributed by atoms with Crippen LogP contribution in [0.5, 0.6) is 0 Å². The third kappa shape index (κ3) is 6.07. The van der Waals surface area contributed by atoms with E-state index in [1.54, 1.807) is 21.9 Å². The van der Waals surface area contributed by atoms with Gasteiger partial charge in [-0.15, -0.1) is 0 Å². The predicted molar refractivity (Wildman–Crippen MR) is 152 cm³/mol. The van der Waals surface area contributed by atoms with E-state index in [9.17, 15) is 14.4 Å². The Hall–Kier alpha value is -3.10. The lowest BCUT2D eigenvalue weighted by Crippen LogP contribution is -2.59. The molecule has 3 aliphatic rings. The molecule has 9 heteroatoms. The van der Waals surface area contributed by atoms with Crippen LogP contribution in [-0.2, 0) is 20.8 Å². The van der Waals surface area contributed by atoms with Gasteiger partial charge >= 0.3 is 0 Å². The molecule has 1 spiro atoms. The number of para-hydroxylation sites is 1. The van der Waals surface area contributed by atoms with Crippen molar-refractivity contribution in [2.75, 3.05) is 31.2 Å². The van der Waals surface area contributed by atoms with Crippen LogP contribution in [0.4, 0.5) is 5.69 Å². The summed E-state index contributed by atoms with van der Waals surface area (Å²) in [7, 11) is 0. The first-order valence-corrected chi connectivity index (χ1v) is 14.4. The fraction of sp³-hybridized carbons (Fsp3) is 0.500. The lowest BCUT2D eigenvalue weighted by atomic mass is 9.85. The zero-order valence-corrected chi connectivity index (χ0v) is 23.1. The van der Waals surface area contributed by atoms with E-state index in [2.05, 4.69) is 10.2 Å². The summed E-state index contributed by atoms with van der Waals surface area (Å²) in [5.41, 5.74) is 7.42. The highest BCUT2D eigenvalue weighted by atomic mass is 35.5. The Bertz CT molecular complexity index is 1160. The Morgan fingerprint density at radius 3 is 2.33 bits per heavy atom. The summed E-state index contributed by atoms with van der Waals surface area (Å²) in [6.45, 7) is 1.27. The summed E-state index contributed by atoms with van der Waals surface area (Å²) >= 11 is 5.98. The first kappa shape index (κ1) is 27.5. The number of amides is 3. The van der Waals surface area contributed by atoms with Crippen LogP contribution >= 0.6 is 11.6 Å². The van der Waals surface area contributed by atoms with Gasteiger partial charge in [-0.2, -0.15) is 0 Å². The number of carbonyl (C=O) groups is 3. The van der Waals surface area contributed by atoms with Crippen molar-refractivity contribution in [1.82, 2.24) is 15.1 Å². The first-order valence-electron chi connectivity index (χ1n) is 14.1. The number of benzene rings is 2. The highest BCUT2D eigenvalue weighted by molar-refractivity contribution is 6.30. The Morgan fingerprint density at radius 1 is 1.00 bits per heavy atom. The summed E-state index contributed by atoms with van der Waals surface area (Å²) in [5.74, 6) is -0.246. The lowest BCUT2D eigenvalue weighted by Gasteiger charge is -2.43. The molecule has 2 saturated heterocycles. The minimum Gasteiger partial charge on any atom is -0.352 e. The van der Waals surface area contributed by atoms with Crippen molar-refractivity contribution in [1.29, 1.82) is 0 Å². The monoisotopic (exact) mass is 551 g/mol. The summed E-state index contributed by atoms with van der Waals surface area (Å²) in [6.07, 6.45) is 6.90. The van der Waals surface area contributed by atoms with E-state index >= 15 is 0 Å². The van der Waals surface area contributed by atoms with Crippen LogP contribution in [-0.4, -0.2) is 71.4 Å². The Balaban J connectivity index is 1.26. The maximum Gasteiger partial charge on any atom is 0.250 e. The van der Waals surface area contributed by atoms with Crippen LogP contribution in [0.1, 0.15) is 50.5 Å². The molecule has 0 aromatic heterocycles. The van der Waals surface area contributed by atoms with Gasteiger partial charge in [-0.3, -0.25) is 14.4 Å². The van der Waals surface area contributed by atoms with Crippen LogP contribution in [0.3, 0.4) is 0 Å². The molecule has 1 aliphatic carbocycles. The standard InChI is InChI=1S/C30H38ClN5O3/c31-23-13-11-22(12-14-23)19-26(32)28(38)34-17-15-30(16-18-34)29(39)35(21-36(30)25-9-5-2-6-10-25)20-27(37)33-24-7-3-1-4-8-24/h2,5-6,9-14,24,26H,1,3-4,7-8,15-21,32H2,(H,33,37)/t26-/m0/s1. The molecule has 2 aliphatic heterocycles. The lowest BCUT2D eigenvalue weighted by molar-refractivity contribution is -0.140. The second kappa shape index (κ2) is 12.0. The van der Waals surface area contributed by atoms with Gasteiger partial charge in [0.25, 0.3) is 5.91 Å². The molecule has 3 N–H and O–H groups in total. The highest BCUT2D eigenvalue weighted by Crippen LogP contribution is 2.39. The molecule has 2 aromatic rings. The van der Waals surface area contributed by atoms with E-state index in [0.717, 1.165) is 36.9 Å². The SMILES string of the molecule is N[C@@H](Cc1ccc(Cl)cc1)C(=O)N1CCC2(CC1)C(=O)N(CC(=O)NC1CCCCC1)CN2c1ccccc1. The third-order valence-electron chi connectivity index (χ3n) is 8.48. The minimum atomic E-state index is -0.788. The zero-order chi connectivity index (χ0) is 27.4. The second-order valence-corrected chi connectivity index (χ2v) is 11.5. The largest absolute Gasteiger partial charge is 0.352 e. The van der Waals surface area contributed by atoms with Gasteiger partial charge in [0.1, 0.15) is 12.1 Å². The van der Waals surface area contributed by atoms with E-state index in [1.165, 1.54) is 6.42 Å². The van der Waals surface area contributed by atoms with Gasteiger partial charge in [-0.05, 0) is 61.9 Å². The van der Waals surface area contributed by atoms with Crippen molar-refractivity contribution in [2.45, 2.75) is 69.0 Å². The fourth-order valence-electron chi connectivity index (χ4n) is 6.31. The molecular weight excluding hydrogens is 514 g/mol. The fourth-order valence-corrected chi connectivity index (χ4v) is 6.44. The number of nitrogens with one attached hydrogen (secondary N) is 1. The normalized spacial score (nSPS) is 20.4. The molecule has 208 valence electrons. The average Bonchev–Trinajstić information content (AvgIpc) is 3.21. The molecule has 39 heavy (non-hydrogen) atoms. The number of piperidine rings is 1. The predicted octanol–water partition coefficient (Wildman–Crippen LogP) is 3.33. The van der Waals surface area contributed by atoms with Gasteiger partial charge < -0.3 is 25.8 Å². The first-order chi connectivity index (χ1) is 18.9. The van der Waals surface area contributed by atoms with Crippen molar-refractivity contribution in [3.05, 3.63) is 65.2 Å². The van der Waals surface area contributed by atoms with Crippen molar-refractivity contribution in [3.63, 3.8) is 0 Å². The Labute approximate surface area is 235 Å². The van der Waals surface area contributed by atoms with Gasteiger partial charge in [0.15, 0.2) is 0 Å². The molecule has 0 radical (unpaired) electrons. The molecule has 0 bridgehead atoms. The molecule has 3 amide bonds. The van der Waals surface area contributed by atoms with Crippen LogP contribution in [0.15, 0.2) is 54.6 Å².